The van der Waals surface area contributed by atoms with Crippen molar-refractivity contribution in [2.24, 2.45) is 0 Å². The van der Waals surface area contributed by atoms with Crippen LogP contribution in [0.15, 0.2) is 53.5 Å². The standard InChI is InChI=1S/C16H18N2O3/c1-21-12-14-6-4-5-13(9-14)10-17-15(19)11-18-8-3-2-7-16(18)20/h2-9H,10-12H2,1H3,(H,17,19). The molecule has 0 saturated carbocycles. The maximum absolute atomic E-state index is 11.9. The summed E-state index contributed by atoms with van der Waals surface area (Å²) in [6.45, 7) is 0.997. The molecule has 1 aromatic heterocycles. The first-order valence-corrected chi connectivity index (χ1v) is 6.68. The minimum absolute atomic E-state index is 0.0252. The van der Waals surface area contributed by atoms with Gasteiger partial charge in [0.15, 0.2) is 0 Å². The van der Waals surface area contributed by atoms with Gasteiger partial charge in [0.2, 0.25) is 5.91 Å². The van der Waals surface area contributed by atoms with Crippen LogP contribution in [-0.2, 0) is 29.2 Å². The summed E-state index contributed by atoms with van der Waals surface area (Å²) in [5.41, 5.74) is 1.87. The van der Waals surface area contributed by atoms with E-state index >= 15 is 0 Å². The molecule has 2 rings (SSSR count). The van der Waals surface area contributed by atoms with Crippen LogP contribution in [-0.4, -0.2) is 17.6 Å². The largest absolute Gasteiger partial charge is 0.380 e. The van der Waals surface area contributed by atoms with Gasteiger partial charge in [-0.05, 0) is 17.2 Å². The van der Waals surface area contributed by atoms with E-state index in [1.165, 1.54) is 10.6 Å². The molecule has 0 atom stereocenters. The molecular weight excluding hydrogens is 268 g/mol. The van der Waals surface area contributed by atoms with E-state index in [9.17, 15) is 9.59 Å². The van der Waals surface area contributed by atoms with E-state index in [0.717, 1.165) is 11.1 Å². The smallest absolute Gasteiger partial charge is 0.250 e. The minimum atomic E-state index is -0.194. The molecule has 0 aliphatic heterocycles. The van der Waals surface area contributed by atoms with Crippen molar-refractivity contribution in [3.05, 3.63) is 70.1 Å². The van der Waals surface area contributed by atoms with Crippen molar-refractivity contribution < 1.29 is 9.53 Å². The molecule has 21 heavy (non-hydrogen) atoms. The molecule has 5 heteroatoms. The zero-order valence-electron chi connectivity index (χ0n) is 11.9. The first-order valence-electron chi connectivity index (χ1n) is 6.68. The molecule has 1 N–H and O–H groups in total. The van der Waals surface area contributed by atoms with Crippen LogP contribution in [0.5, 0.6) is 0 Å². The number of aromatic nitrogens is 1. The Labute approximate surface area is 123 Å². The number of rotatable bonds is 6. The maximum Gasteiger partial charge on any atom is 0.250 e. The van der Waals surface area contributed by atoms with Crippen LogP contribution >= 0.6 is 0 Å². The highest BCUT2D eigenvalue weighted by molar-refractivity contribution is 5.75. The number of nitrogens with one attached hydrogen (secondary N) is 1. The van der Waals surface area contributed by atoms with Crippen molar-refractivity contribution >= 4 is 5.91 Å². The third-order valence-electron chi connectivity index (χ3n) is 3.01. The van der Waals surface area contributed by atoms with Crippen LogP contribution in [0.2, 0.25) is 0 Å². The monoisotopic (exact) mass is 286 g/mol. The fourth-order valence-corrected chi connectivity index (χ4v) is 2.00. The Morgan fingerprint density at radius 2 is 2.00 bits per heavy atom. The summed E-state index contributed by atoms with van der Waals surface area (Å²) >= 11 is 0. The predicted molar refractivity (Wildman–Crippen MR) is 79.7 cm³/mol. The van der Waals surface area contributed by atoms with Gasteiger partial charge >= 0.3 is 0 Å². The molecule has 1 heterocycles. The SMILES string of the molecule is COCc1cccc(CNC(=O)Cn2ccccc2=O)c1. The Kier molecular flexibility index (Phi) is 5.29. The Bertz CT molecular complexity index is 664. The lowest BCUT2D eigenvalue weighted by atomic mass is 10.1. The van der Waals surface area contributed by atoms with Gasteiger partial charge in [-0.3, -0.25) is 9.59 Å². The molecular formula is C16H18N2O3. The third-order valence-corrected chi connectivity index (χ3v) is 3.01. The zero-order valence-corrected chi connectivity index (χ0v) is 11.9. The maximum atomic E-state index is 11.9. The Hall–Kier alpha value is -2.40. The number of hydrogen-bond donors (Lipinski definition) is 1. The quantitative estimate of drug-likeness (QED) is 0.871. The van der Waals surface area contributed by atoms with Crippen LogP contribution in [0, 0.1) is 0 Å². The van der Waals surface area contributed by atoms with E-state index in [1.54, 1.807) is 25.4 Å². The van der Waals surface area contributed by atoms with Gasteiger partial charge in [0.25, 0.3) is 5.56 Å². The summed E-state index contributed by atoms with van der Waals surface area (Å²) in [6, 6.07) is 12.6. The molecule has 2 aromatic rings. The fourth-order valence-electron chi connectivity index (χ4n) is 2.00. The van der Waals surface area contributed by atoms with Crippen LogP contribution in [0.4, 0.5) is 0 Å². The van der Waals surface area contributed by atoms with E-state index in [2.05, 4.69) is 5.32 Å². The number of benzene rings is 1. The van der Waals surface area contributed by atoms with E-state index < -0.39 is 0 Å². The lowest BCUT2D eigenvalue weighted by molar-refractivity contribution is -0.121. The van der Waals surface area contributed by atoms with Gasteiger partial charge in [-0.1, -0.05) is 30.3 Å². The van der Waals surface area contributed by atoms with Crippen LogP contribution in [0.25, 0.3) is 0 Å². The number of hydrogen-bond acceptors (Lipinski definition) is 3. The number of carbonyl (C=O) groups excluding carboxylic acids is 1. The molecule has 0 radical (unpaired) electrons. The summed E-state index contributed by atoms with van der Waals surface area (Å²) in [5.74, 6) is -0.194. The molecule has 0 bridgehead atoms. The lowest BCUT2D eigenvalue weighted by Crippen LogP contribution is -2.31. The summed E-state index contributed by atoms with van der Waals surface area (Å²) in [6.07, 6.45) is 1.60. The van der Waals surface area contributed by atoms with Gasteiger partial charge in [-0.15, -0.1) is 0 Å². The van der Waals surface area contributed by atoms with Crippen molar-refractivity contribution in [2.75, 3.05) is 7.11 Å². The highest BCUT2D eigenvalue weighted by atomic mass is 16.5. The summed E-state index contributed by atoms with van der Waals surface area (Å²) in [7, 11) is 1.64. The second-order valence-corrected chi connectivity index (χ2v) is 4.70. The van der Waals surface area contributed by atoms with Crippen molar-refractivity contribution in [1.29, 1.82) is 0 Å². The Balaban J connectivity index is 1.91. The lowest BCUT2D eigenvalue weighted by Gasteiger charge is -2.08. The average Bonchev–Trinajstić information content (AvgIpc) is 2.48. The van der Waals surface area contributed by atoms with Crippen LogP contribution in [0.3, 0.4) is 0 Å². The van der Waals surface area contributed by atoms with Gasteiger partial charge in [0, 0.05) is 25.9 Å². The first-order chi connectivity index (χ1) is 10.2. The van der Waals surface area contributed by atoms with Crippen molar-refractivity contribution in [2.45, 2.75) is 19.7 Å². The van der Waals surface area contributed by atoms with Crippen LogP contribution in [0.1, 0.15) is 11.1 Å². The predicted octanol–water partition coefficient (Wildman–Crippen LogP) is 1.31. The molecule has 1 amide bonds. The van der Waals surface area contributed by atoms with Crippen molar-refractivity contribution in [1.82, 2.24) is 9.88 Å². The molecule has 0 aliphatic rings. The summed E-state index contributed by atoms with van der Waals surface area (Å²) in [5, 5.41) is 2.80. The summed E-state index contributed by atoms with van der Waals surface area (Å²) < 4.78 is 6.45. The number of carbonyl (C=O) groups is 1. The normalized spacial score (nSPS) is 10.3. The van der Waals surface area contributed by atoms with Crippen molar-refractivity contribution in [3.8, 4) is 0 Å². The molecule has 0 fully saturated rings. The van der Waals surface area contributed by atoms with E-state index in [1.807, 2.05) is 24.3 Å². The summed E-state index contributed by atoms with van der Waals surface area (Å²) in [4.78, 5) is 23.4. The number of pyridine rings is 1. The van der Waals surface area contributed by atoms with Crippen LogP contribution < -0.4 is 10.9 Å². The van der Waals surface area contributed by atoms with E-state index in [4.69, 9.17) is 4.74 Å². The first kappa shape index (κ1) is 15.0. The average molecular weight is 286 g/mol. The number of methoxy groups -OCH3 is 1. The second kappa shape index (κ2) is 7.40. The number of amides is 1. The highest BCUT2D eigenvalue weighted by Gasteiger charge is 2.04. The van der Waals surface area contributed by atoms with Gasteiger partial charge in [-0.2, -0.15) is 0 Å². The zero-order chi connectivity index (χ0) is 15.1. The fraction of sp³-hybridized carbons (Fsp3) is 0.250. The molecule has 0 unspecified atom stereocenters. The number of nitrogens with zero attached hydrogens (tertiary/aromatic N) is 1. The third kappa shape index (κ3) is 4.57. The van der Waals surface area contributed by atoms with Gasteiger partial charge in [0.05, 0.1) is 6.61 Å². The molecule has 1 aromatic carbocycles. The molecule has 5 nitrogen and oxygen atoms in total. The van der Waals surface area contributed by atoms with E-state index in [0.29, 0.717) is 13.2 Å². The molecule has 110 valence electrons. The number of ether oxygens (including phenoxy) is 1. The van der Waals surface area contributed by atoms with Gasteiger partial charge in [-0.25, -0.2) is 0 Å². The minimum Gasteiger partial charge on any atom is -0.380 e. The van der Waals surface area contributed by atoms with Crippen molar-refractivity contribution in [3.63, 3.8) is 0 Å². The molecule has 0 saturated heterocycles. The Morgan fingerprint density at radius 1 is 1.19 bits per heavy atom. The molecule has 0 spiro atoms. The topological polar surface area (TPSA) is 60.3 Å². The van der Waals surface area contributed by atoms with E-state index in [-0.39, 0.29) is 18.0 Å². The second-order valence-electron chi connectivity index (χ2n) is 4.70. The Morgan fingerprint density at radius 3 is 2.76 bits per heavy atom. The van der Waals surface area contributed by atoms with Gasteiger partial charge in [0.1, 0.15) is 6.54 Å². The van der Waals surface area contributed by atoms with Gasteiger partial charge < -0.3 is 14.6 Å². The highest BCUT2D eigenvalue weighted by Crippen LogP contribution is 2.06. The molecule has 0 aliphatic carbocycles.